The van der Waals surface area contributed by atoms with Crippen LogP contribution in [0.2, 0.25) is 0 Å². The Hall–Kier alpha value is -1.62. The minimum Gasteiger partial charge on any atom is -0.308 e. The van der Waals surface area contributed by atoms with Crippen molar-refractivity contribution in [1.29, 1.82) is 0 Å². The van der Waals surface area contributed by atoms with Gasteiger partial charge in [0.05, 0.1) is 17.4 Å². The first-order valence-electron chi connectivity index (χ1n) is 7.38. The second-order valence-corrected chi connectivity index (χ2v) is 5.19. The van der Waals surface area contributed by atoms with E-state index in [4.69, 9.17) is 0 Å². The van der Waals surface area contributed by atoms with Gasteiger partial charge in [-0.1, -0.05) is 13.8 Å². The Balaban J connectivity index is 2.19. The van der Waals surface area contributed by atoms with Crippen molar-refractivity contribution in [2.75, 3.05) is 6.54 Å². The zero-order valence-corrected chi connectivity index (χ0v) is 12.9. The van der Waals surface area contributed by atoms with Crippen LogP contribution in [-0.2, 0) is 26.9 Å². The fourth-order valence-electron chi connectivity index (χ4n) is 2.47. The van der Waals surface area contributed by atoms with Gasteiger partial charge in [0.25, 0.3) is 0 Å². The van der Waals surface area contributed by atoms with E-state index in [1.165, 1.54) is 11.4 Å². The molecule has 0 radical (unpaired) electrons. The van der Waals surface area contributed by atoms with Crippen molar-refractivity contribution in [2.24, 2.45) is 14.1 Å². The number of aryl methyl sites for hydroxylation is 3. The zero-order chi connectivity index (χ0) is 14.5. The minimum atomic E-state index is 0.280. The van der Waals surface area contributed by atoms with Gasteiger partial charge >= 0.3 is 0 Å². The number of aromatic nitrogens is 4. The Morgan fingerprint density at radius 2 is 2.05 bits per heavy atom. The SMILES string of the molecule is CCCNC(Cc1cc(CC)nn1C)c1ccnn1C. The van der Waals surface area contributed by atoms with E-state index in [-0.39, 0.29) is 6.04 Å². The zero-order valence-electron chi connectivity index (χ0n) is 12.9. The summed E-state index contributed by atoms with van der Waals surface area (Å²) in [5.74, 6) is 0. The highest BCUT2D eigenvalue weighted by atomic mass is 15.3. The van der Waals surface area contributed by atoms with Gasteiger partial charge in [-0.05, 0) is 31.5 Å². The first kappa shape index (κ1) is 14.8. The normalized spacial score (nSPS) is 12.8. The number of hydrogen-bond donors (Lipinski definition) is 1. The van der Waals surface area contributed by atoms with Gasteiger partial charge in [0.2, 0.25) is 0 Å². The molecule has 5 nitrogen and oxygen atoms in total. The number of rotatable bonds is 7. The van der Waals surface area contributed by atoms with Crippen molar-refractivity contribution in [3.8, 4) is 0 Å². The Bertz CT molecular complexity index is 540. The fraction of sp³-hybridized carbons (Fsp3) is 0.600. The van der Waals surface area contributed by atoms with Crippen LogP contribution in [0.1, 0.15) is 43.4 Å². The second-order valence-electron chi connectivity index (χ2n) is 5.19. The third-order valence-corrected chi connectivity index (χ3v) is 3.66. The summed E-state index contributed by atoms with van der Waals surface area (Å²) < 4.78 is 3.94. The van der Waals surface area contributed by atoms with Gasteiger partial charge < -0.3 is 5.32 Å². The lowest BCUT2D eigenvalue weighted by Gasteiger charge is -2.19. The molecule has 0 bridgehead atoms. The topological polar surface area (TPSA) is 47.7 Å². The van der Waals surface area contributed by atoms with Crippen molar-refractivity contribution in [1.82, 2.24) is 24.9 Å². The van der Waals surface area contributed by atoms with Gasteiger partial charge in [-0.25, -0.2) is 0 Å². The summed E-state index contributed by atoms with van der Waals surface area (Å²) in [5.41, 5.74) is 3.64. The number of nitrogens with zero attached hydrogens (tertiary/aromatic N) is 4. The van der Waals surface area contributed by atoms with Crippen LogP contribution in [0.3, 0.4) is 0 Å². The van der Waals surface area contributed by atoms with Gasteiger partial charge in [-0.15, -0.1) is 0 Å². The Labute approximate surface area is 121 Å². The van der Waals surface area contributed by atoms with E-state index in [0.717, 1.165) is 31.5 Å². The number of nitrogens with one attached hydrogen (secondary N) is 1. The van der Waals surface area contributed by atoms with Crippen molar-refractivity contribution in [3.63, 3.8) is 0 Å². The second kappa shape index (κ2) is 6.70. The third kappa shape index (κ3) is 3.28. The van der Waals surface area contributed by atoms with E-state index in [1.54, 1.807) is 0 Å². The first-order chi connectivity index (χ1) is 9.65. The van der Waals surface area contributed by atoms with Crippen LogP contribution in [0.4, 0.5) is 0 Å². The smallest absolute Gasteiger partial charge is 0.0624 e. The molecule has 2 heterocycles. The molecule has 0 aliphatic carbocycles. The van der Waals surface area contributed by atoms with Crippen molar-refractivity contribution in [2.45, 2.75) is 39.2 Å². The molecule has 0 saturated heterocycles. The summed E-state index contributed by atoms with van der Waals surface area (Å²) in [6.45, 7) is 5.33. The molecule has 5 heteroatoms. The van der Waals surface area contributed by atoms with E-state index in [1.807, 2.05) is 29.7 Å². The molecule has 0 fully saturated rings. The molecule has 1 atom stereocenters. The largest absolute Gasteiger partial charge is 0.308 e. The molecule has 2 rings (SSSR count). The summed E-state index contributed by atoms with van der Waals surface area (Å²) in [7, 11) is 4.02. The van der Waals surface area contributed by atoms with E-state index in [2.05, 4.69) is 41.5 Å². The van der Waals surface area contributed by atoms with Crippen LogP contribution >= 0.6 is 0 Å². The first-order valence-corrected chi connectivity index (χ1v) is 7.38. The predicted octanol–water partition coefficient (Wildman–Crippen LogP) is 2.00. The molecular weight excluding hydrogens is 250 g/mol. The molecular formula is C15H25N5. The molecule has 0 aromatic carbocycles. The molecule has 2 aromatic heterocycles. The molecule has 0 aliphatic heterocycles. The lowest BCUT2D eigenvalue weighted by Crippen LogP contribution is -2.26. The summed E-state index contributed by atoms with van der Waals surface area (Å²) in [5, 5.41) is 12.4. The van der Waals surface area contributed by atoms with Crippen LogP contribution in [0, 0.1) is 0 Å². The maximum absolute atomic E-state index is 4.53. The fourth-order valence-corrected chi connectivity index (χ4v) is 2.47. The van der Waals surface area contributed by atoms with Gasteiger partial charge in [0.15, 0.2) is 0 Å². The van der Waals surface area contributed by atoms with Crippen LogP contribution in [-0.4, -0.2) is 26.1 Å². The third-order valence-electron chi connectivity index (χ3n) is 3.66. The van der Waals surface area contributed by atoms with Gasteiger partial charge in [-0.2, -0.15) is 10.2 Å². The Morgan fingerprint density at radius 1 is 1.25 bits per heavy atom. The molecule has 110 valence electrons. The molecule has 0 amide bonds. The Kier molecular flexibility index (Phi) is 4.95. The van der Waals surface area contributed by atoms with Gasteiger partial charge in [-0.3, -0.25) is 9.36 Å². The molecule has 0 saturated carbocycles. The Morgan fingerprint density at radius 3 is 2.60 bits per heavy atom. The molecule has 1 N–H and O–H groups in total. The standard InChI is InChI=1S/C15H25N5/c1-5-8-16-14(15-7-9-17-20(15)4)11-13-10-12(6-2)18-19(13)3/h7,9-10,14,16H,5-6,8,11H2,1-4H3. The highest BCUT2D eigenvalue weighted by Crippen LogP contribution is 2.18. The van der Waals surface area contributed by atoms with E-state index in [0.29, 0.717) is 0 Å². The highest BCUT2D eigenvalue weighted by molar-refractivity contribution is 5.16. The van der Waals surface area contributed by atoms with Gasteiger partial charge in [0, 0.05) is 32.4 Å². The van der Waals surface area contributed by atoms with E-state index >= 15 is 0 Å². The summed E-state index contributed by atoms with van der Waals surface area (Å²) in [6.07, 6.45) is 4.90. The lowest BCUT2D eigenvalue weighted by atomic mass is 10.1. The molecule has 0 spiro atoms. The van der Waals surface area contributed by atoms with Gasteiger partial charge in [0.1, 0.15) is 0 Å². The van der Waals surface area contributed by atoms with Crippen LogP contribution in [0.25, 0.3) is 0 Å². The van der Waals surface area contributed by atoms with Crippen molar-refractivity contribution < 1.29 is 0 Å². The molecule has 20 heavy (non-hydrogen) atoms. The van der Waals surface area contributed by atoms with Crippen molar-refractivity contribution in [3.05, 3.63) is 35.4 Å². The lowest BCUT2D eigenvalue weighted by molar-refractivity contribution is 0.480. The average molecular weight is 275 g/mol. The van der Waals surface area contributed by atoms with Crippen molar-refractivity contribution >= 4 is 0 Å². The highest BCUT2D eigenvalue weighted by Gasteiger charge is 2.17. The van der Waals surface area contributed by atoms with Crippen LogP contribution in [0.5, 0.6) is 0 Å². The average Bonchev–Trinajstić information content (AvgIpc) is 3.01. The summed E-state index contributed by atoms with van der Waals surface area (Å²) in [6, 6.07) is 4.57. The summed E-state index contributed by atoms with van der Waals surface area (Å²) in [4.78, 5) is 0. The maximum atomic E-state index is 4.53. The molecule has 2 aromatic rings. The molecule has 0 aliphatic rings. The predicted molar refractivity (Wildman–Crippen MR) is 80.5 cm³/mol. The van der Waals surface area contributed by atoms with E-state index in [9.17, 15) is 0 Å². The summed E-state index contributed by atoms with van der Waals surface area (Å²) >= 11 is 0. The monoisotopic (exact) mass is 275 g/mol. The van der Waals surface area contributed by atoms with Crippen LogP contribution < -0.4 is 5.32 Å². The quantitative estimate of drug-likeness (QED) is 0.841. The van der Waals surface area contributed by atoms with E-state index < -0.39 is 0 Å². The minimum absolute atomic E-state index is 0.280. The number of hydrogen-bond acceptors (Lipinski definition) is 3. The van der Waals surface area contributed by atoms with Crippen LogP contribution in [0.15, 0.2) is 18.3 Å². The molecule has 1 unspecified atom stereocenters. The maximum Gasteiger partial charge on any atom is 0.0624 e.